The summed E-state index contributed by atoms with van der Waals surface area (Å²) >= 11 is 0. The summed E-state index contributed by atoms with van der Waals surface area (Å²) in [6, 6.07) is 14.8. The average molecular weight is 499 g/mol. The molecular formula is C26H25F3N4O3. The smallest absolute Gasteiger partial charge is 0.390 e. The van der Waals surface area contributed by atoms with Gasteiger partial charge in [0.2, 0.25) is 0 Å². The van der Waals surface area contributed by atoms with Gasteiger partial charge in [0, 0.05) is 42.5 Å². The van der Waals surface area contributed by atoms with Crippen LogP contribution in [0.4, 0.5) is 18.9 Å². The molecule has 0 atom stereocenters. The first-order chi connectivity index (χ1) is 17.1. The van der Waals surface area contributed by atoms with Gasteiger partial charge in [-0.2, -0.15) is 13.2 Å². The third-order valence-corrected chi connectivity index (χ3v) is 5.47. The second-order valence-electron chi connectivity index (χ2n) is 8.20. The molecule has 4 aromatic rings. The van der Waals surface area contributed by atoms with Crippen LogP contribution in [0.2, 0.25) is 0 Å². The molecule has 0 spiro atoms. The summed E-state index contributed by atoms with van der Waals surface area (Å²) in [5.41, 5.74) is 3.46. The predicted molar refractivity (Wildman–Crippen MR) is 131 cm³/mol. The zero-order chi connectivity index (χ0) is 25.9. The number of rotatable bonds is 8. The normalized spacial score (nSPS) is 11.5. The van der Waals surface area contributed by atoms with E-state index in [9.17, 15) is 23.1 Å². The van der Waals surface area contributed by atoms with Crippen LogP contribution in [-0.4, -0.2) is 39.8 Å². The van der Waals surface area contributed by atoms with Gasteiger partial charge in [-0.15, -0.1) is 0 Å². The van der Waals surface area contributed by atoms with Crippen molar-refractivity contribution in [2.24, 2.45) is 0 Å². The Morgan fingerprint density at radius 3 is 2.61 bits per heavy atom. The number of halogens is 3. The molecule has 1 amide bonds. The topological polar surface area (TPSA) is 88.4 Å². The van der Waals surface area contributed by atoms with Crippen molar-refractivity contribution >= 4 is 22.6 Å². The number of hydrogen-bond donors (Lipinski definition) is 3. The van der Waals surface area contributed by atoms with Crippen molar-refractivity contribution in [1.29, 1.82) is 0 Å². The summed E-state index contributed by atoms with van der Waals surface area (Å²) in [6.07, 6.45) is -3.74. The molecule has 36 heavy (non-hydrogen) atoms. The van der Waals surface area contributed by atoms with Crippen molar-refractivity contribution in [3.63, 3.8) is 0 Å². The number of phenolic OH excluding ortho intramolecular Hbond substituents is 1. The van der Waals surface area contributed by atoms with E-state index in [-0.39, 0.29) is 18.2 Å². The van der Waals surface area contributed by atoms with Gasteiger partial charge >= 0.3 is 6.18 Å². The molecule has 0 saturated carbocycles. The zero-order valence-electron chi connectivity index (χ0n) is 19.7. The lowest BCUT2D eigenvalue weighted by Gasteiger charge is -2.14. The Labute approximate surface area is 205 Å². The van der Waals surface area contributed by atoms with Gasteiger partial charge in [-0.1, -0.05) is 6.07 Å². The number of nitrogens with one attached hydrogen (secondary N) is 2. The number of aromatic hydroxyl groups is 1. The van der Waals surface area contributed by atoms with Crippen LogP contribution in [0.25, 0.3) is 16.7 Å². The summed E-state index contributed by atoms with van der Waals surface area (Å²) in [5, 5.41) is 15.3. The molecule has 4 rings (SSSR count). The van der Waals surface area contributed by atoms with Crippen LogP contribution in [-0.2, 0) is 0 Å². The number of carbonyl (C=O) groups excluding carboxylic acids is 1. The molecule has 3 aromatic carbocycles. The number of carbonyl (C=O) groups is 1. The lowest BCUT2D eigenvalue weighted by Crippen LogP contribution is -2.23. The largest absolute Gasteiger partial charge is 0.508 e. The minimum absolute atomic E-state index is 0.0184. The molecule has 0 saturated heterocycles. The van der Waals surface area contributed by atoms with Gasteiger partial charge in [-0.25, -0.2) is 4.98 Å². The van der Waals surface area contributed by atoms with E-state index >= 15 is 0 Å². The summed E-state index contributed by atoms with van der Waals surface area (Å²) in [5.74, 6) is 0.559. The summed E-state index contributed by atoms with van der Waals surface area (Å²) in [6.45, 7) is 3.85. The highest BCUT2D eigenvalue weighted by molar-refractivity contribution is 5.96. The van der Waals surface area contributed by atoms with E-state index in [0.29, 0.717) is 40.3 Å². The lowest BCUT2D eigenvalue weighted by molar-refractivity contribution is -0.131. The minimum atomic E-state index is -4.30. The Balaban J connectivity index is 1.75. The number of aryl methyl sites for hydroxylation is 1. The first-order valence-corrected chi connectivity index (χ1v) is 11.3. The third-order valence-electron chi connectivity index (χ3n) is 5.47. The highest BCUT2D eigenvalue weighted by Gasteiger charge is 2.26. The fraction of sp³-hybridized carbons (Fsp3) is 0.231. The number of amides is 1. The van der Waals surface area contributed by atoms with Gasteiger partial charge in [0.25, 0.3) is 5.91 Å². The van der Waals surface area contributed by atoms with Crippen molar-refractivity contribution in [3.8, 4) is 22.9 Å². The Bertz CT molecular complexity index is 1400. The van der Waals surface area contributed by atoms with Gasteiger partial charge in [0.05, 0.1) is 17.6 Å². The molecule has 0 radical (unpaired) electrons. The molecule has 0 fully saturated rings. The molecule has 1 aromatic heterocycles. The Hall–Kier alpha value is -4.21. The summed E-state index contributed by atoms with van der Waals surface area (Å²) < 4.78 is 45.9. The number of aromatic nitrogens is 2. The molecule has 0 aliphatic heterocycles. The zero-order valence-corrected chi connectivity index (χ0v) is 19.7. The molecule has 188 valence electrons. The first-order valence-electron chi connectivity index (χ1n) is 11.3. The van der Waals surface area contributed by atoms with Crippen LogP contribution in [0.1, 0.15) is 29.3 Å². The second-order valence-corrected chi connectivity index (χ2v) is 8.20. The van der Waals surface area contributed by atoms with Crippen molar-refractivity contribution in [3.05, 3.63) is 72.1 Å². The number of hydrogen-bond acceptors (Lipinski definition) is 5. The van der Waals surface area contributed by atoms with E-state index in [1.165, 1.54) is 12.1 Å². The van der Waals surface area contributed by atoms with Crippen LogP contribution in [0.3, 0.4) is 0 Å². The number of ether oxygens (including phenoxy) is 1. The van der Waals surface area contributed by atoms with Crippen LogP contribution < -0.4 is 15.4 Å². The fourth-order valence-electron chi connectivity index (χ4n) is 3.82. The molecule has 0 bridgehead atoms. The number of phenols is 1. The van der Waals surface area contributed by atoms with Crippen LogP contribution >= 0.6 is 0 Å². The van der Waals surface area contributed by atoms with Gasteiger partial charge in [0.15, 0.2) is 0 Å². The number of nitrogens with zero attached hydrogens (tertiary/aromatic N) is 2. The lowest BCUT2D eigenvalue weighted by atomic mass is 10.1. The number of alkyl halides is 3. The Morgan fingerprint density at radius 2 is 1.92 bits per heavy atom. The molecular weight excluding hydrogens is 473 g/mol. The van der Waals surface area contributed by atoms with Gasteiger partial charge in [-0.3, -0.25) is 9.36 Å². The maximum atomic E-state index is 12.7. The van der Waals surface area contributed by atoms with Gasteiger partial charge < -0.3 is 20.5 Å². The highest BCUT2D eigenvalue weighted by Crippen LogP contribution is 2.34. The predicted octanol–water partition coefficient (Wildman–Crippen LogP) is 5.95. The quantitative estimate of drug-likeness (QED) is 0.280. The third kappa shape index (κ3) is 5.70. The van der Waals surface area contributed by atoms with E-state index in [1.54, 1.807) is 47.3 Å². The number of benzene rings is 3. The highest BCUT2D eigenvalue weighted by atomic mass is 19.4. The molecule has 0 aliphatic carbocycles. The average Bonchev–Trinajstić information content (AvgIpc) is 3.22. The van der Waals surface area contributed by atoms with Gasteiger partial charge in [-0.05, 0) is 49.7 Å². The van der Waals surface area contributed by atoms with Crippen LogP contribution in [0, 0.1) is 6.92 Å². The van der Waals surface area contributed by atoms with Crippen molar-refractivity contribution < 1.29 is 27.8 Å². The fourth-order valence-corrected chi connectivity index (χ4v) is 3.82. The maximum Gasteiger partial charge on any atom is 0.390 e. The minimum Gasteiger partial charge on any atom is -0.508 e. The SMILES string of the molecule is CCNC(=O)c1ccc(-n2cnc3c(NCCC(F)(F)F)cc(Oc4cccc(O)c4)cc32)cc1C. The molecule has 10 heteroatoms. The van der Waals surface area contributed by atoms with E-state index in [2.05, 4.69) is 15.6 Å². The molecule has 3 N–H and O–H groups in total. The maximum absolute atomic E-state index is 12.7. The van der Waals surface area contributed by atoms with Crippen LogP contribution in [0.15, 0.2) is 60.9 Å². The first kappa shape index (κ1) is 24.9. The van der Waals surface area contributed by atoms with Crippen LogP contribution in [0.5, 0.6) is 17.2 Å². The standard InChI is InChI=1S/C26H25F3N4O3/c1-3-30-25(35)21-8-7-17(11-16(21)2)33-15-32-24-22(31-10-9-26(27,28)29)13-20(14-23(24)33)36-19-6-4-5-18(34)12-19/h4-8,11-15,31,34H,3,9-10H2,1-2H3,(H,30,35). The summed E-state index contributed by atoms with van der Waals surface area (Å²) in [4.78, 5) is 16.7. The van der Waals surface area contributed by atoms with E-state index in [4.69, 9.17) is 4.74 Å². The van der Waals surface area contributed by atoms with E-state index < -0.39 is 12.6 Å². The number of anilines is 1. The van der Waals surface area contributed by atoms with E-state index in [0.717, 1.165) is 11.3 Å². The second kappa shape index (κ2) is 10.2. The molecule has 7 nitrogen and oxygen atoms in total. The Kier molecular flexibility index (Phi) is 7.05. The number of fused-ring (bicyclic) bond motifs is 1. The van der Waals surface area contributed by atoms with Gasteiger partial charge in [0.1, 0.15) is 29.1 Å². The van der Waals surface area contributed by atoms with E-state index in [1.807, 2.05) is 19.9 Å². The van der Waals surface area contributed by atoms with Crippen molar-refractivity contribution in [1.82, 2.24) is 14.9 Å². The number of imidazole rings is 1. The molecule has 0 unspecified atom stereocenters. The van der Waals surface area contributed by atoms with Crippen molar-refractivity contribution in [2.45, 2.75) is 26.4 Å². The summed E-state index contributed by atoms with van der Waals surface area (Å²) in [7, 11) is 0. The monoisotopic (exact) mass is 498 g/mol. The molecule has 1 heterocycles. The Morgan fingerprint density at radius 1 is 1.11 bits per heavy atom. The van der Waals surface area contributed by atoms with Crippen molar-refractivity contribution in [2.75, 3.05) is 18.4 Å². The molecule has 0 aliphatic rings.